The molecule has 0 radical (unpaired) electrons. The molecule has 0 spiro atoms. The van der Waals surface area contributed by atoms with Gasteiger partial charge < -0.3 is 4.74 Å². The summed E-state index contributed by atoms with van der Waals surface area (Å²) in [4.78, 5) is 25.8. The van der Waals surface area contributed by atoms with Crippen LogP contribution < -0.4 is 0 Å². The molecule has 0 aromatic rings. The van der Waals surface area contributed by atoms with E-state index in [9.17, 15) is 9.59 Å². The van der Waals surface area contributed by atoms with Crippen LogP contribution in [-0.2, 0) is 14.3 Å². The smallest absolute Gasteiger partial charge is 0.139 e. The second-order valence-corrected chi connectivity index (χ2v) is 10.1. The molecule has 7 unspecified atom stereocenters. The summed E-state index contributed by atoms with van der Waals surface area (Å²) in [5.74, 6) is 2.27. The van der Waals surface area contributed by atoms with Crippen molar-refractivity contribution in [3.8, 4) is 0 Å². The molecule has 0 bridgehead atoms. The number of Topliss-reactive ketones (excluding diaryl/α,β-unsaturated/α-hetero) is 2. The maximum absolute atomic E-state index is 13.3. The number of fused-ring (bicyclic) bond motifs is 5. The van der Waals surface area contributed by atoms with Crippen LogP contribution in [0.25, 0.3) is 0 Å². The Morgan fingerprint density at radius 1 is 1.04 bits per heavy atom. The van der Waals surface area contributed by atoms with Gasteiger partial charge in [0, 0.05) is 24.2 Å². The van der Waals surface area contributed by atoms with Gasteiger partial charge in [0.2, 0.25) is 0 Å². The lowest BCUT2D eigenvalue weighted by Gasteiger charge is -2.60. The summed E-state index contributed by atoms with van der Waals surface area (Å²) in [6.07, 6.45) is 8.51. The predicted molar refractivity (Wildman–Crippen MR) is 97.1 cm³/mol. The lowest BCUT2D eigenvalue weighted by atomic mass is 9.44. The first-order valence-electron chi connectivity index (χ1n) is 10.5. The number of ether oxygens (including phenoxy) is 1. The Labute approximate surface area is 152 Å². The maximum Gasteiger partial charge on any atom is 0.139 e. The lowest BCUT2D eigenvalue weighted by Crippen LogP contribution is -2.59. The van der Waals surface area contributed by atoms with Crippen LogP contribution in [-0.4, -0.2) is 23.8 Å². The molecule has 3 nitrogen and oxygen atoms in total. The molecule has 0 heterocycles. The molecular weight excluding hydrogens is 312 g/mol. The zero-order valence-corrected chi connectivity index (χ0v) is 16.3. The van der Waals surface area contributed by atoms with Gasteiger partial charge in [-0.15, -0.1) is 0 Å². The van der Waals surface area contributed by atoms with Crippen LogP contribution in [0.2, 0.25) is 0 Å². The number of carbonyl (C=O) groups excluding carboxylic acids is 2. The summed E-state index contributed by atoms with van der Waals surface area (Å²) < 4.78 is 6.30. The molecule has 4 saturated carbocycles. The van der Waals surface area contributed by atoms with Gasteiger partial charge in [0.25, 0.3) is 0 Å². The van der Waals surface area contributed by atoms with Crippen molar-refractivity contribution in [3.63, 3.8) is 0 Å². The third kappa shape index (κ3) is 2.48. The standard InChI is InChI=1S/C22H34O3/c1-13(2)25-18-6-5-11-21(3)16(18)8-7-14-15-9-10-19(24)22(15,4)12-17(23)20(14)21/h13-16,18,20H,5-12H2,1-4H3. The van der Waals surface area contributed by atoms with Gasteiger partial charge in [-0.25, -0.2) is 0 Å². The monoisotopic (exact) mass is 346 g/mol. The summed E-state index contributed by atoms with van der Waals surface area (Å²) in [7, 11) is 0. The van der Waals surface area contributed by atoms with Crippen LogP contribution in [0.15, 0.2) is 0 Å². The normalized spacial score (nSPS) is 49.7. The van der Waals surface area contributed by atoms with Crippen LogP contribution in [0.3, 0.4) is 0 Å². The molecule has 4 aliphatic carbocycles. The molecule has 0 N–H and O–H groups in total. The lowest BCUT2D eigenvalue weighted by molar-refractivity contribution is -0.175. The minimum Gasteiger partial charge on any atom is -0.375 e. The van der Waals surface area contributed by atoms with Crippen LogP contribution in [0.1, 0.15) is 79.1 Å². The van der Waals surface area contributed by atoms with E-state index in [1.165, 1.54) is 12.8 Å². The number of ketones is 2. The fourth-order valence-corrected chi connectivity index (χ4v) is 7.46. The second kappa shape index (κ2) is 5.90. The fraction of sp³-hybridized carbons (Fsp3) is 0.909. The molecule has 4 aliphatic rings. The van der Waals surface area contributed by atoms with Crippen molar-refractivity contribution in [3.05, 3.63) is 0 Å². The van der Waals surface area contributed by atoms with Crippen molar-refractivity contribution in [2.24, 2.45) is 34.5 Å². The molecule has 140 valence electrons. The highest BCUT2D eigenvalue weighted by molar-refractivity contribution is 5.95. The van der Waals surface area contributed by atoms with Crippen molar-refractivity contribution in [2.75, 3.05) is 0 Å². The van der Waals surface area contributed by atoms with Gasteiger partial charge in [-0.3, -0.25) is 9.59 Å². The van der Waals surface area contributed by atoms with E-state index in [1.807, 2.05) is 0 Å². The molecule has 0 amide bonds. The van der Waals surface area contributed by atoms with Gasteiger partial charge in [-0.1, -0.05) is 20.3 Å². The predicted octanol–water partition coefficient (Wildman–Crippen LogP) is 4.57. The Hall–Kier alpha value is -0.700. The van der Waals surface area contributed by atoms with Crippen molar-refractivity contribution in [2.45, 2.75) is 91.3 Å². The third-order valence-corrected chi connectivity index (χ3v) is 8.44. The number of rotatable bonds is 2. The van der Waals surface area contributed by atoms with Gasteiger partial charge in [0.05, 0.1) is 12.2 Å². The zero-order valence-electron chi connectivity index (χ0n) is 16.3. The third-order valence-electron chi connectivity index (χ3n) is 8.44. The van der Waals surface area contributed by atoms with Crippen LogP contribution in [0.5, 0.6) is 0 Å². The van der Waals surface area contributed by atoms with E-state index in [1.54, 1.807) is 0 Å². The quantitative estimate of drug-likeness (QED) is 0.735. The first-order valence-corrected chi connectivity index (χ1v) is 10.5. The summed E-state index contributed by atoms with van der Waals surface area (Å²) in [5.41, 5.74) is -0.283. The first-order chi connectivity index (χ1) is 11.8. The Morgan fingerprint density at radius 2 is 1.80 bits per heavy atom. The highest BCUT2D eigenvalue weighted by atomic mass is 16.5. The van der Waals surface area contributed by atoms with Crippen LogP contribution >= 0.6 is 0 Å². The molecule has 3 heteroatoms. The molecule has 25 heavy (non-hydrogen) atoms. The fourth-order valence-electron chi connectivity index (χ4n) is 7.46. The van der Waals surface area contributed by atoms with Gasteiger partial charge in [0.15, 0.2) is 0 Å². The van der Waals surface area contributed by atoms with Gasteiger partial charge in [-0.2, -0.15) is 0 Å². The molecule has 0 aromatic heterocycles. The average Bonchev–Trinajstić information content (AvgIpc) is 2.81. The minimum atomic E-state index is -0.357. The van der Waals surface area contributed by atoms with E-state index >= 15 is 0 Å². The Balaban J connectivity index is 1.67. The molecular formula is C22H34O3. The Bertz CT molecular complexity index is 582. The van der Waals surface area contributed by atoms with E-state index in [2.05, 4.69) is 27.7 Å². The maximum atomic E-state index is 13.3. The Kier molecular flexibility index (Phi) is 4.18. The summed E-state index contributed by atoms with van der Waals surface area (Å²) in [5, 5.41) is 0. The van der Waals surface area contributed by atoms with Crippen LogP contribution in [0, 0.1) is 34.5 Å². The summed E-state index contributed by atoms with van der Waals surface area (Å²) in [6, 6.07) is 0. The van der Waals surface area contributed by atoms with Crippen LogP contribution in [0.4, 0.5) is 0 Å². The van der Waals surface area contributed by atoms with E-state index in [0.717, 1.165) is 25.7 Å². The topological polar surface area (TPSA) is 43.4 Å². The van der Waals surface area contributed by atoms with Crippen molar-refractivity contribution < 1.29 is 14.3 Å². The molecule has 0 saturated heterocycles. The average molecular weight is 347 g/mol. The van der Waals surface area contributed by atoms with Crippen molar-refractivity contribution in [1.29, 1.82) is 0 Å². The van der Waals surface area contributed by atoms with Gasteiger partial charge in [-0.05, 0) is 69.1 Å². The van der Waals surface area contributed by atoms with Crippen molar-refractivity contribution in [1.82, 2.24) is 0 Å². The molecule has 7 atom stereocenters. The van der Waals surface area contributed by atoms with E-state index in [4.69, 9.17) is 4.74 Å². The molecule has 4 rings (SSSR count). The van der Waals surface area contributed by atoms with Crippen molar-refractivity contribution >= 4 is 11.6 Å². The molecule has 0 aromatic carbocycles. The highest BCUT2D eigenvalue weighted by Gasteiger charge is 2.64. The zero-order chi connectivity index (χ0) is 18.0. The first kappa shape index (κ1) is 17.7. The van der Waals surface area contributed by atoms with Gasteiger partial charge >= 0.3 is 0 Å². The van der Waals surface area contributed by atoms with E-state index in [-0.39, 0.29) is 22.9 Å². The number of hydrogen-bond donors (Lipinski definition) is 0. The van der Waals surface area contributed by atoms with E-state index < -0.39 is 0 Å². The second-order valence-electron chi connectivity index (χ2n) is 10.1. The SMILES string of the molecule is CC(C)OC1CCCC2(C)C1CCC1C3CCC(=O)C3(C)CC(=O)C12. The molecule has 0 aliphatic heterocycles. The highest BCUT2D eigenvalue weighted by Crippen LogP contribution is 2.64. The van der Waals surface area contributed by atoms with Gasteiger partial charge in [0.1, 0.15) is 11.6 Å². The summed E-state index contributed by atoms with van der Waals surface area (Å²) >= 11 is 0. The largest absolute Gasteiger partial charge is 0.375 e. The minimum absolute atomic E-state index is 0.0742. The number of hydrogen-bond acceptors (Lipinski definition) is 3. The molecule has 4 fully saturated rings. The summed E-state index contributed by atoms with van der Waals surface area (Å²) in [6.45, 7) is 8.71. The number of carbonyl (C=O) groups is 2. The Morgan fingerprint density at radius 3 is 2.52 bits per heavy atom. The van der Waals surface area contributed by atoms with E-state index in [0.29, 0.717) is 48.3 Å².